The fourth-order valence-corrected chi connectivity index (χ4v) is 3.56. The molecule has 0 N–H and O–H groups in total. The predicted octanol–water partition coefficient (Wildman–Crippen LogP) is 2.31. The molecule has 0 aliphatic carbocycles. The van der Waals surface area contributed by atoms with E-state index in [2.05, 4.69) is 41.7 Å². The third-order valence-corrected chi connectivity index (χ3v) is 5.01. The van der Waals surface area contributed by atoms with Crippen LogP contribution in [0.3, 0.4) is 0 Å². The minimum Gasteiger partial charge on any atom is -0.353 e. The number of piperidine rings is 1. The van der Waals surface area contributed by atoms with E-state index in [4.69, 9.17) is 9.97 Å². The molecule has 0 radical (unpaired) electrons. The number of nitrogens with zero attached hydrogens (tertiary/aromatic N) is 5. The number of aryl methyl sites for hydroxylation is 1. The fourth-order valence-electron chi connectivity index (χ4n) is 3.56. The van der Waals surface area contributed by atoms with Gasteiger partial charge in [0.2, 0.25) is 5.95 Å². The Morgan fingerprint density at radius 2 is 1.86 bits per heavy atom. The Morgan fingerprint density at radius 3 is 2.59 bits per heavy atom. The maximum atomic E-state index is 4.93. The molecule has 5 nitrogen and oxygen atoms in total. The average molecular weight is 303 g/mol. The third-order valence-electron chi connectivity index (χ3n) is 5.01. The summed E-state index contributed by atoms with van der Waals surface area (Å²) in [6.07, 6.45) is 5.13. The van der Waals surface area contributed by atoms with Gasteiger partial charge in [0.15, 0.2) is 0 Å². The summed E-state index contributed by atoms with van der Waals surface area (Å²) in [7, 11) is 2.18. The van der Waals surface area contributed by atoms with Crippen LogP contribution >= 0.6 is 0 Å². The van der Waals surface area contributed by atoms with Crippen molar-refractivity contribution in [2.24, 2.45) is 0 Å². The number of aromatic nitrogens is 2. The Morgan fingerprint density at radius 1 is 1.09 bits per heavy atom. The van der Waals surface area contributed by atoms with Gasteiger partial charge in [0.1, 0.15) is 5.82 Å². The standard InChI is InChI=1S/C17H29N5/c1-4-15-7-5-6-8-22(15)16-13-14(2)18-17(19-16)21-11-9-20(3)10-12-21/h13,15H,4-12H2,1-3H3. The number of likely N-dealkylation sites (N-methyl/N-ethyl adjacent to an activating group) is 1. The summed E-state index contributed by atoms with van der Waals surface area (Å²) in [5, 5.41) is 0. The molecule has 2 aliphatic rings. The Labute approximate surface area is 134 Å². The van der Waals surface area contributed by atoms with E-state index in [1.807, 2.05) is 0 Å². The second-order valence-electron chi connectivity index (χ2n) is 6.71. The lowest BCUT2D eigenvalue weighted by Crippen LogP contribution is -2.45. The van der Waals surface area contributed by atoms with Crippen LogP contribution in [0.25, 0.3) is 0 Å². The molecule has 0 amide bonds. The molecule has 1 unspecified atom stereocenters. The highest BCUT2D eigenvalue weighted by atomic mass is 15.3. The van der Waals surface area contributed by atoms with E-state index < -0.39 is 0 Å². The topological polar surface area (TPSA) is 35.5 Å². The second kappa shape index (κ2) is 6.82. The van der Waals surface area contributed by atoms with E-state index in [0.717, 1.165) is 50.2 Å². The Bertz CT molecular complexity index is 496. The molecule has 2 saturated heterocycles. The summed E-state index contributed by atoms with van der Waals surface area (Å²) in [6, 6.07) is 2.80. The lowest BCUT2D eigenvalue weighted by atomic mass is 10.00. The van der Waals surface area contributed by atoms with Crippen LogP contribution in [0.5, 0.6) is 0 Å². The molecule has 0 spiro atoms. The zero-order valence-electron chi connectivity index (χ0n) is 14.3. The highest BCUT2D eigenvalue weighted by Gasteiger charge is 2.24. The van der Waals surface area contributed by atoms with Gasteiger partial charge in [-0.2, -0.15) is 4.98 Å². The molecule has 1 atom stereocenters. The van der Waals surface area contributed by atoms with Crippen LogP contribution in [0.2, 0.25) is 0 Å². The van der Waals surface area contributed by atoms with Crippen molar-refractivity contribution in [1.82, 2.24) is 14.9 Å². The summed E-state index contributed by atoms with van der Waals surface area (Å²) in [4.78, 5) is 16.8. The molecule has 2 fully saturated rings. The van der Waals surface area contributed by atoms with Gasteiger partial charge >= 0.3 is 0 Å². The van der Waals surface area contributed by atoms with Crippen molar-refractivity contribution in [2.75, 3.05) is 49.6 Å². The van der Waals surface area contributed by atoms with Crippen molar-refractivity contribution in [3.8, 4) is 0 Å². The molecule has 3 heterocycles. The largest absolute Gasteiger partial charge is 0.353 e. The number of hydrogen-bond donors (Lipinski definition) is 0. The van der Waals surface area contributed by atoms with Gasteiger partial charge in [-0.15, -0.1) is 0 Å². The van der Waals surface area contributed by atoms with Gasteiger partial charge in [-0.05, 0) is 39.7 Å². The number of anilines is 2. The first-order chi connectivity index (χ1) is 10.7. The molecule has 0 aromatic carbocycles. The molecule has 3 rings (SSSR count). The van der Waals surface area contributed by atoms with Gasteiger partial charge in [-0.1, -0.05) is 6.92 Å². The maximum absolute atomic E-state index is 4.93. The van der Waals surface area contributed by atoms with Crippen LogP contribution in [0, 0.1) is 6.92 Å². The zero-order valence-corrected chi connectivity index (χ0v) is 14.3. The summed E-state index contributed by atoms with van der Waals surface area (Å²) in [6.45, 7) is 9.75. The van der Waals surface area contributed by atoms with Crippen LogP contribution in [0.15, 0.2) is 6.07 Å². The normalized spacial score (nSPS) is 23.9. The van der Waals surface area contributed by atoms with Gasteiger partial charge in [0, 0.05) is 50.5 Å². The molecule has 2 aliphatic heterocycles. The van der Waals surface area contributed by atoms with Gasteiger partial charge in [-0.25, -0.2) is 4.98 Å². The second-order valence-corrected chi connectivity index (χ2v) is 6.71. The van der Waals surface area contributed by atoms with Crippen molar-refractivity contribution in [3.05, 3.63) is 11.8 Å². The van der Waals surface area contributed by atoms with E-state index in [1.54, 1.807) is 0 Å². The van der Waals surface area contributed by atoms with Crippen LogP contribution in [0.4, 0.5) is 11.8 Å². The van der Waals surface area contributed by atoms with E-state index in [9.17, 15) is 0 Å². The molecular weight excluding hydrogens is 274 g/mol. The Hall–Kier alpha value is -1.36. The van der Waals surface area contributed by atoms with E-state index in [1.165, 1.54) is 25.7 Å². The summed E-state index contributed by atoms with van der Waals surface area (Å²) in [5.41, 5.74) is 1.08. The SMILES string of the molecule is CCC1CCCCN1c1cc(C)nc(N2CCN(C)CC2)n1. The highest BCUT2D eigenvalue weighted by Crippen LogP contribution is 2.27. The van der Waals surface area contributed by atoms with Crippen molar-refractivity contribution < 1.29 is 0 Å². The van der Waals surface area contributed by atoms with Gasteiger partial charge in [-0.3, -0.25) is 0 Å². The highest BCUT2D eigenvalue weighted by molar-refractivity contribution is 5.47. The van der Waals surface area contributed by atoms with Crippen molar-refractivity contribution >= 4 is 11.8 Å². The molecule has 5 heteroatoms. The minimum atomic E-state index is 0.642. The first-order valence-electron chi connectivity index (χ1n) is 8.73. The van der Waals surface area contributed by atoms with Crippen LogP contribution in [-0.4, -0.2) is 60.7 Å². The molecule has 0 saturated carbocycles. The molecule has 122 valence electrons. The van der Waals surface area contributed by atoms with Crippen molar-refractivity contribution in [1.29, 1.82) is 0 Å². The fraction of sp³-hybridized carbons (Fsp3) is 0.765. The number of rotatable bonds is 3. The summed E-state index contributed by atoms with van der Waals surface area (Å²) < 4.78 is 0. The van der Waals surface area contributed by atoms with Gasteiger partial charge in [0.05, 0.1) is 0 Å². The molecular formula is C17H29N5. The first-order valence-corrected chi connectivity index (χ1v) is 8.73. The van der Waals surface area contributed by atoms with Gasteiger partial charge < -0.3 is 14.7 Å². The van der Waals surface area contributed by atoms with Crippen LogP contribution < -0.4 is 9.80 Å². The predicted molar refractivity (Wildman–Crippen MR) is 91.8 cm³/mol. The average Bonchev–Trinajstić information content (AvgIpc) is 2.55. The third kappa shape index (κ3) is 3.35. The zero-order chi connectivity index (χ0) is 15.5. The van der Waals surface area contributed by atoms with Crippen LogP contribution in [0.1, 0.15) is 38.3 Å². The van der Waals surface area contributed by atoms with E-state index >= 15 is 0 Å². The number of piperazine rings is 1. The van der Waals surface area contributed by atoms with E-state index in [-0.39, 0.29) is 0 Å². The molecule has 1 aromatic heterocycles. The molecule has 0 bridgehead atoms. The summed E-state index contributed by atoms with van der Waals surface area (Å²) in [5.74, 6) is 2.05. The van der Waals surface area contributed by atoms with E-state index in [0.29, 0.717) is 6.04 Å². The van der Waals surface area contributed by atoms with Gasteiger partial charge in [0.25, 0.3) is 0 Å². The molecule has 1 aromatic rings. The smallest absolute Gasteiger partial charge is 0.227 e. The quantitative estimate of drug-likeness (QED) is 0.856. The van der Waals surface area contributed by atoms with Crippen molar-refractivity contribution in [2.45, 2.75) is 45.6 Å². The number of hydrogen-bond acceptors (Lipinski definition) is 5. The Balaban J connectivity index is 1.83. The lowest BCUT2D eigenvalue weighted by molar-refractivity contribution is 0.311. The monoisotopic (exact) mass is 303 g/mol. The van der Waals surface area contributed by atoms with Crippen molar-refractivity contribution in [3.63, 3.8) is 0 Å². The minimum absolute atomic E-state index is 0.642. The Kier molecular flexibility index (Phi) is 4.81. The molecule has 22 heavy (non-hydrogen) atoms. The maximum Gasteiger partial charge on any atom is 0.227 e. The first kappa shape index (κ1) is 15.5. The lowest BCUT2D eigenvalue weighted by Gasteiger charge is -2.37. The van der Waals surface area contributed by atoms with Crippen LogP contribution in [-0.2, 0) is 0 Å². The summed E-state index contributed by atoms with van der Waals surface area (Å²) >= 11 is 0.